The van der Waals surface area contributed by atoms with Gasteiger partial charge in [-0.25, -0.2) is 0 Å². The van der Waals surface area contributed by atoms with Gasteiger partial charge in [0.05, 0.1) is 17.7 Å². The van der Waals surface area contributed by atoms with Gasteiger partial charge in [-0.2, -0.15) is 0 Å². The molecule has 1 unspecified atom stereocenters. The highest BCUT2D eigenvalue weighted by Gasteiger charge is 2.27. The molecule has 0 amide bonds. The lowest BCUT2D eigenvalue weighted by molar-refractivity contribution is -0.143. The molecule has 5 nitrogen and oxygen atoms in total. The lowest BCUT2D eigenvalue weighted by atomic mass is 9.96. The molecule has 0 spiro atoms. The van der Waals surface area contributed by atoms with Crippen molar-refractivity contribution in [2.75, 3.05) is 13.1 Å². The number of aliphatic carboxylic acids is 1. The number of carboxylic acid groups (broad SMARTS) is 1. The highest BCUT2D eigenvalue weighted by Crippen LogP contribution is 2.25. The molecule has 0 aromatic carbocycles. The monoisotopic (exact) mass is 235 g/mol. The zero-order valence-corrected chi connectivity index (χ0v) is 9.91. The molecule has 2 heterocycles. The molecule has 1 aliphatic heterocycles. The van der Waals surface area contributed by atoms with Gasteiger partial charge in [-0.15, -0.1) is 0 Å². The summed E-state index contributed by atoms with van der Waals surface area (Å²) in [6, 6.07) is 0.207. The van der Waals surface area contributed by atoms with E-state index in [0.29, 0.717) is 0 Å². The van der Waals surface area contributed by atoms with E-state index in [0.717, 1.165) is 31.6 Å². The van der Waals surface area contributed by atoms with E-state index < -0.39 is 5.97 Å². The van der Waals surface area contributed by atoms with Crippen LogP contribution in [0.2, 0.25) is 0 Å². The molecule has 1 aromatic heterocycles. The maximum absolute atomic E-state index is 10.9. The highest BCUT2D eigenvalue weighted by atomic mass is 16.4. The minimum absolute atomic E-state index is 0.180. The Labute approximate surface area is 100 Å². The van der Waals surface area contributed by atoms with Gasteiger partial charge in [-0.3, -0.25) is 19.7 Å². The second-order valence-corrected chi connectivity index (χ2v) is 4.45. The number of piperidine rings is 1. The second kappa shape index (κ2) is 5.23. The van der Waals surface area contributed by atoms with E-state index in [4.69, 9.17) is 5.11 Å². The van der Waals surface area contributed by atoms with Crippen molar-refractivity contribution in [1.29, 1.82) is 0 Å². The van der Waals surface area contributed by atoms with Crippen molar-refractivity contribution in [1.82, 2.24) is 14.9 Å². The van der Waals surface area contributed by atoms with E-state index in [1.807, 2.05) is 0 Å². The predicted octanol–water partition coefficient (Wildman–Crippen LogP) is 1.33. The Kier molecular flexibility index (Phi) is 3.68. The van der Waals surface area contributed by atoms with Gasteiger partial charge >= 0.3 is 5.97 Å². The van der Waals surface area contributed by atoms with Crippen LogP contribution in [0.1, 0.15) is 31.5 Å². The predicted molar refractivity (Wildman–Crippen MR) is 62.4 cm³/mol. The third-order valence-electron chi connectivity index (χ3n) is 3.44. The Morgan fingerprint density at radius 1 is 1.47 bits per heavy atom. The fourth-order valence-corrected chi connectivity index (χ4v) is 2.25. The number of nitrogens with zero attached hydrogens (tertiary/aromatic N) is 3. The first-order valence-electron chi connectivity index (χ1n) is 5.91. The molecule has 1 atom stereocenters. The topological polar surface area (TPSA) is 66.3 Å². The van der Waals surface area contributed by atoms with Crippen LogP contribution >= 0.6 is 0 Å². The van der Waals surface area contributed by atoms with Gasteiger partial charge in [0.25, 0.3) is 0 Å². The van der Waals surface area contributed by atoms with Gasteiger partial charge in [0.2, 0.25) is 0 Å². The molecule has 0 bridgehead atoms. The fourth-order valence-electron chi connectivity index (χ4n) is 2.25. The Hall–Kier alpha value is -1.49. The van der Waals surface area contributed by atoms with Gasteiger partial charge < -0.3 is 5.11 Å². The summed E-state index contributed by atoms with van der Waals surface area (Å²) in [5, 5.41) is 8.94. The van der Waals surface area contributed by atoms with Gasteiger partial charge in [0.15, 0.2) is 0 Å². The van der Waals surface area contributed by atoms with Crippen molar-refractivity contribution >= 4 is 5.97 Å². The van der Waals surface area contributed by atoms with Crippen LogP contribution in [0.15, 0.2) is 18.6 Å². The van der Waals surface area contributed by atoms with Crippen LogP contribution in [0.5, 0.6) is 0 Å². The van der Waals surface area contributed by atoms with E-state index in [1.165, 1.54) is 0 Å². The van der Waals surface area contributed by atoms with Crippen LogP contribution in [-0.4, -0.2) is 39.0 Å². The third kappa shape index (κ3) is 2.79. The summed E-state index contributed by atoms with van der Waals surface area (Å²) in [5.41, 5.74) is 0.946. The van der Waals surface area contributed by atoms with Crippen LogP contribution in [0.3, 0.4) is 0 Å². The van der Waals surface area contributed by atoms with E-state index in [2.05, 4.69) is 21.8 Å². The molecule has 5 heteroatoms. The summed E-state index contributed by atoms with van der Waals surface area (Å²) in [6.45, 7) is 3.72. The fraction of sp³-hybridized carbons (Fsp3) is 0.583. The van der Waals surface area contributed by atoms with Crippen molar-refractivity contribution < 1.29 is 9.90 Å². The number of carbonyl (C=O) groups is 1. The molecule has 0 radical (unpaired) electrons. The van der Waals surface area contributed by atoms with Gasteiger partial charge in [-0.1, -0.05) is 0 Å². The summed E-state index contributed by atoms with van der Waals surface area (Å²) in [4.78, 5) is 21.5. The summed E-state index contributed by atoms with van der Waals surface area (Å²) in [5.74, 6) is -0.850. The first kappa shape index (κ1) is 12.0. The lowest BCUT2D eigenvalue weighted by Gasteiger charge is -2.34. The second-order valence-electron chi connectivity index (χ2n) is 4.45. The number of hydrogen-bond donors (Lipinski definition) is 1. The molecule has 2 rings (SSSR count). The summed E-state index contributed by atoms with van der Waals surface area (Å²) in [7, 11) is 0. The maximum atomic E-state index is 10.9. The van der Waals surface area contributed by atoms with Gasteiger partial charge in [-0.05, 0) is 32.9 Å². The van der Waals surface area contributed by atoms with Crippen molar-refractivity contribution in [2.24, 2.45) is 5.92 Å². The van der Waals surface area contributed by atoms with Crippen LogP contribution in [0, 0.1) is 5.92 Å². The van der Waals surface area contributed by atoms with Gasteiger partial charge in [0.1, 0.15) is 0 Å². The Balaban J connectivity index is 1.95. The molecule has 0 aliphatic carbocycles. The Morgan fingerprint density at radius 3 is 2.71 bits per heavy atom. The molecule has 1 N–H and O–H groups in total. The Morgan fingerprint density at radius 2 is 2.18 bits per heavy atom. The summed E-state index contributed by atoms with van der Waals surface area (Å²) >= 11 is 0. The van der Waals surface area contributed by atoms with Crippen LogP contribution in [0.25, 0.3) is 0 Å². The molecule has 1 aromatic rings. The third-order valence-corrected chi connectivity index (χ3v) is 3.44. The first-order valence-corrected chi connectivity index (χ1v) is 5.91. The number of likely N-dealkylation sites (tertiary alicyclic amines) is 1. The van der Waals surface area contributed by atoms with Crippen molar-refractivity contribution in [3.8, 4) is 0 Å². The number of aromatic nitrogens is 2. The van der Waals surface area contributed by atoms with E-state index in [9.17, 15) is 4.79 Å². The standard InChI is InChI=1S/C12H17N3O2/c1-9(11-8-13-4-5-14-11)15-6-2-10(3-7-15)12(16)17/h4-5,8-10H,2-3,6-7H2,1H3,(H,16,17). The largest absolute Gasteiger partial charge is 0.481 e. The average Bonchev–Trinajstić information content (AvgIpc) is 2.39. The molecule has 1 fully saturated rings. The van der Waals surface area contributed by atoms with Crippen molar-refractivity contribution in [2.45, 2.75) is 25.8 Å². The smallest absolute Gasteiger partial charge is 0.306 e. The molecule has 92 valence electrons. The minimum Gasteiger partial charge on any atom is -0.481 e. The molecule has 1 saturated heterocycles. The van der Waals surface area contributed by atoms with E-state index in [1.54, 1.807) is 18.6 Å². The van der Waals surface area contributed by atoms with Crippen molar-refractivity contribution in [3.63, 3.8) is 0 Å². The normalized spacial score (nSPS) is 20.1. The van der Waals surface area contributed by atoms with Gasteiger partial charge in [0, 0.05) is 18.6 Å². The lowest BCUT2D eigenvalue weighted by Crippen LogP contribution is -2.38. The quantitative estimate of drug-likeness (QED) is 0.856. The molecular weight excluding hydrogens is 218 g/mol. The molecular formula is C12H17N3O2. The summed E-state index contributed by atoms with van der Waals surface area (Å²) in [6.07, 6.45) is 6.57. The Bertz CT molecular complexity index is 375. The molecule has 0 saturated carbocycles. The molecule has 1 aliphatic rings. The average molecular weight is 235 g/mol. The van der Waals surface area contributed by atoms with Crippen molar-refractivity contribution in [3.05, 3.63) is 24.3 Å². The van der Waals surface area contributed by atoms with Crippen LogP contribution < -0.4 is 0 Å². The minimum atomic E-state index is -0.670. The zero-order chi connectivity index (χ0) is 12.3. The summed E-state index contributed by atoms with van der Waals surface area (Å²) < 4.78 is 0. The molecule has 17 heavy (non-hydrogen) atoms. The highest BCUT2D eigenvalue weighted by molar-refractivity contribution is 5.70. The number of rotatable bonds is 3. The SMILES string of the molecule is CC(c1cnccn1)N1CCC(C(=O)O)CC1. The van der Waals surface area contributed by atoms with E-state index >= 15 is 0 Å². The first-order chi connectivity index (χ1) is 8.18. The number of carboxylic acids is 1. The van der Waals surface area contributed by atoms with Crippen LogP contribution in [0.4, 0.5) is 0 Å². The maximum Gasteiger partial charge on any atom is 0.306 e. The van der Waals surface area contributed by atoms with Crippen LogP contribution in [-0.2, 0) is 4.79 Å². The zero-order valence-electron chi connectivity index (χ0n) is 9.91. The van der Waals surface area contributed by atoms with E-state index in [-0.39, 0.29) is 12.0 Å². The number of hydrogen-bond acceptors (Lipinski definition) is 4.